The van der Waals surface area contributed by atoms with Crippen molar-refractivity contribution in [3.8, 4) is 5.75 Å². The summed E-state index contributed by atoms with van der Waals surface area (Å²) in [5.41, 5.74) is 7.49. The summed E-state index contributed by atoms with van der Waals surface area (Å²) in [4.78, 5) is 15.6. The van der Waals surface area contributed by atoms with E-state index in [4.69, 9.17) is 10.5 Å². The van der Waals surface area contributed by atoms with E-state index < -0.39 is 0 Å². The van der Waals surface area contributed by atoms with E-state index in [1.807, 2.05) is 17.0 Å². The third-order valence-corrected chi connectivity index (χ3v) is 3.72. The SMILES string of the molecule is NC(=O)CN1CCOc2cccc(N3CCNCC3)c21. The monoisotopic (exact) mass is 276 g/mol. The Hall–Kier alpha value is -1.95. The fourth-order valence-electron chi connectivity index (χ4n) is 2.83. The molecule has 6 nitrogen and oxygen atoms in total. The first kappa shape index (κ1) is 13.1. The van der Waals surface area contributed by atoms with Crippen LogP contribution in [0.25, 0.3) is 0 Å². The molecule has 1 aromatic carbocycles. The number of primary amides is 1. The average Bonchev–Trinajstić information content (AvgIpc) is 2.47. The van der Waals surface area contributed by atoms with Gasteiger partial charge in [-0.05, 0) is 12.1 Å². The van der Waals surface area contributed by atoms with Gasteiger partial charge in [0.15, 0.2) is 0 Å². The van der Waals surface area contributed by atoms with Crippen molar-refractivity contribution in [2.75, 3.05) is 55.7 Å². The molecule has 1 fully saturated rings. The van der Waals surface area contributed by atoms with Gasteiger partial charge in [-0.25, -0.2) is 0 Å². The summed E-state index contributed by atoms with van der Waals surface area (Å²) in [5.74, 6) is 0.529. The van der Waals surface area contributed by atoms with Crippen LogP contribution < -0.4 is 25.6 Å². The summed E-state index contributed by atoms with van der Waals surface area (Å²) in [6.07, 6.45) is 0. The number of para-hydroxylation sites is 1. The van der Waals surface area contributed by atoms with Crippen molar-refractivity contribution in [3.63, 3.8) is 0 Å². The Morgan fingerprint density at radius 1 is 1.30 bits per heavy atom. The van der Waals surface area contributed by atoms with Crippen LogP contribution in [0, 0.1) is 0 Å². The Balaban J connectivity index is 1.96. The van der Waals surface area contributed by atoms with Crippen molar-refractivity contribution in [2.24, 2.45) is 5.73 Å². The van der Waals surface area contributed by atoms with Crippen molar-refractivity contribution in [1.82, 2.24) is 5.32 Å². The summed E-state index contributed by atoms with van der Waals surface area (Å²) in [6, 6.07) is 6.05. The van der Waals surface area contributed by atoms with E-state index in [0.29, 0.717) is 13.2 Å². The van der Waals surface area contributed by atoms with E-state index in [1.165, 1.54) is 0 Å². The van der Waals surface area contributed by atoms with Gasteiger partial charge in [-0.15, -0.1) is 0 Å². The van der Waals surface area contributed by atoms with Gasteiger partial charge < -0.3 is 25.6 Å². The van der Waals surface area contributed by atoms with Gasteiger partial charge in [0.2, 0.25) is 5.91 Å². The van der Waals surface area contributed by atoms with Crippen LogP contribution >= 0.6 is 0 Å². The molecule has 1 aromatic rings. The van der Waals surface area contributed by atoms with Crippen LogP contribution in [-0.2, 0) is 4.79 Å². The van der Waals surface area contributed by atoms with E-state index >= 15 is 0 Å². The molecule has 2 heterocycles. The second-order valence-electron chi connectivity index (χ2n) is 5.10. The molecular formula is C14H20N4O2. The molecule has 0 aliphatic carbocycles. The number of anilines is 2. The van der Waals surface area contributed by atoms with E-state index in [1.54, 1.807) is 0 Å². The minimum Gasteiger partial charge on any atom is -0.489 e. The Bertz CT molecular complexity index is 500. The third-order valence-electron chi connectivity index (χ3n) is 3.72. The maximum atomic E-state index is 11.3. The Morgan fingerprint density at radius 3 is 2.85 bits per heavy atom. The molecule has 3 N–H and O–H groups in total. The molecule has 20 heavy (non-hydrogen) atoms. The highest BCUT2D eigenvalue weighted by molar-refractivity contribution is 5.85. The van der Waals surface area contributed by atoms with E-state index in [0.717, 1.165) is 43.3 Å². The fourth-order valence-corrected chi connectivity index (χ4v) is 2.83. The number of nitrogens with two attached hydrogens (primary N) is 1. The third kappa shape index (κ3) is 2.51. The lowest BCUT2D eigenvalue weighted by molar-refractivity contribution is -0.116. The van der Waals surface area contributed by atoms with Gasteiger partial charge in [0.25, 0.3) is 0 Å². The number of rotatable bonds is 3. The smallest absolute Gasteiger partial charge is 0.236 e. The first-order valence-electron chi connectivity index (χ1n) is 7.00. The first-order chi connectivity index (χ1) is 9.75. The van der Waals surface area contributed by atoms with Crippen LogP contribution in [0.5, 0.6) is 5.75 Å². The average molecular weight is 276 g/mol. The quantitative estimate of drug-likeness (QED) is 0.799. The molecule has 1 saturated heterocycles. The van der Waals surface area contributed by atoms with Gasteiger partial charge in [-0.1, -0.05) is 6.07 Å². The standard InChI is InChI=1S/C14H20N4O2/c15-13(19)10-18-8-9-20-12-3-1-2-11(14(12)18)17-6-4-16-5-7-17/h1-3,16H,4-10H2,(H2,15,19). The van der Waals surface area contributed by atoms with Gasteiger partial charge in [0.05, 0.1) is 18.8 Å². The molecule has 0 atom stereocenters. The number of fused-ring (bicyclic) bond motifs is 1. The van der Waals surface area contributed by atoms with Crippen LogP contribution in [0.3, 0.4) is 0 Å². The molecule has 6 heteroatoms. The fraction of sp³-hybridized carbons (Fsp3) is 0.500. The van der Waals surface area contributed by atoms with Gasteiger partial charge in [-0.2, -0.15) is 0 Å². The van der Waals surface area contributed by atoms with Crippen molar-refractivity contribution in [3.05, 3.63) is 18.2 Å². The summed E-state index contributed by atoms with van der Waals surface area (Å²) >= 11 is 0. The lowest BCUT2D eigenvalue weighted by Gasteiger charge is -2.37. The van der Waals surface area contributed by atoms with Crippen molar-refractivity contribution < 1.29 is 9.53 Å². The Kier molecular flexibility index (Phi) is 3.64. The lowest BCUT2D eigenvalue weighted by Crippen LogP contribution is -2.45. The molecule has 0 saturated carbocycles. The number of piperazine rings is 1. The number of ether oxygens (including phenoxy) is 1. The van der Waals surface area contributed by atoms with Crippen LogP contribution in [0.15, 0.2) is 18.2 Å². The molecule has 2 aliphatic heterocycles. The second-order valence-corrected chi connectivity index (χ2v) is 5.10. The molecule has 2 aliphatic rings. The molecular weight excluding hydrogens is 256 g/mol. The van der Waals surface area contributed by atoms with E-state index in [9.17, 15) is 4.79 Å². The summed E-state index contributed by atoms with van der Waals surface area (Å²) in [5, 5.41) is 3.35. The summed E-state index contributed by atoms with van der Waals surface area (Å²) in [6.45, 7) is 5.38. The highest BCUT2D eigenvalue weighted by atomic mass is 16.5. The minimum absolute atomic E-state index is 0.236. The normalized spacial score (nSPS) is 18.4. The van der Waals surface area contributed by atoms with Crippen molar-refractivity contribution >= 4 is 17.3 Å². The van der Waals surface area contributed by atoms with Crippen LogP contribution in [0.2, 0.25) is 0 Å². The predicted octanol–water partition coefficient (Wildman–Crippen LogP) is -0.220. The number of nitrogens with zero attached hydrogens (tertiary/aromatic N) is 2. The van der Waals surface area contributed by atoms with Crippen LogP contribution in [-0.4, -0.2) is 51.8 Å². The van der Waals surface area contributed by atoms with Gasteiger partial charge >= 0.3 is 0 Å². The lowest BCUT2D eigenvalue weighted by atomic mass is 10.1. The number of carbonyl (C=O) groups is 1. The molecule has 108 valence electrons. The van der Waals surface area contributed by atoms with Crippen LogP contribution in [0.4, 0.5) is 11.4 Å². The van der Waals surface area contributed by atoms with Crippen molar-refractivity contribution in [2.45, 2.75) is 0 Å². The number of carbonyl (C=O) groups excluding carboxylic acids is 1. The van der Waals surface area contributed by atoms with E-state index in [-0.39, 0.29) is 12.5 Å². The zero-order chi connectivity index (χ0) is 13.9. The maximum Gasteiger partial charge on any atom is 0.236 e. The number of nitrogens with one attached hydrogen (secondary N) is 1. The van der Waals surface area contributed by atoms with Crippen molar-refractivity contribution in [1.29, 1.82) is 0 Å². The predicted molar refractivity (Wildman–Crippen MR) is 78.4 cm³/mol. The number of hydrogen-bond acceptors (Lipinski definition) is 5. The van der Waals surface area contributed by atoms with Gasteiger partial charge in [0, 0.05) is 26.2 Å². The minimum atomic E-state index is -0.312. The molecule has 3 rings (SSSR count). The number of benzene rings is 1. The topological polar surface area (TPSA) is 70.8 Å². The molecule has 0 spiro atoms. The van der Waals surface area contributed by atoms with E-state index in [2.05, 4.69) is 16.3 Å². The molecule has 0 radical (unpaired) electrons. The zero-order valence-corrected chi connectivity index (χ0v) is 11.5. The Morgan fingerprint density at radius 2 is 2.10 bits per heavy atom. The van der Waals surface area contributed by atoms with Gasteiger partial charge in [0.1, 0.15) is 18.0 Å². The largest absolute Gasteiger partial charge is 0.489 e. The molecule has 0 unspecified atom stereocenters. The number of hydrogen-bond donors (Lipinski definition) is 2. The van der Waals surface area contributed by atoms with Crippen LogP contribution in [0.1, 0.15) is 0 Å². The molecule has 1 amide bonds. The highest BCUT2D eigenvalue weighted by Gasteiger charge is 2.25. The zero-order valence-electron chi connectivity index (χ0n) is 11.5. The molecule has 0 aromatic heterocycles. The number of amides is 1. The second kappa shape index (κ2) is 5.58. The summed E-state index contributed by atoms with van der Waals surface area (Å²) < 4.78 is 5.73. The maximum absolute atomic E-state index is 11.3. The summed E-state index contributed by atoms with van der Waals surface area (Å²) in [7, 11) is 0. The Labute approximate surface area is 118 Å². The van der Waals surface area contributed by atoms with Gasteiger partial charge in [-0.3, -0.25) is 4.79 Å². The molecule has 0 bridgehead atoms. The first-order valence-corrected chi connectivity index (χ1v) is 7.00. The highest BCUT2D eigenvalue weighted by Crippen LogP contribution is 2.40.